The molecule has 0 saturated carbocycles. The van der Waals surface area contributed by atoms with Gasteiger partial charge in [0, 0.05) is 54.8 Å². The Morgan fingerprint density at radius 1 is 1.21 bits per heavy atom. The third kappa shape index (κ3) is 6.15. The van der Waals surface area contributed by atoms with E-state index in [1.54, 1.807) is 12.1 Å². The number of benzene rings is 2. The largest absolute Gasteiger partial charge is 0.481 e. The van der Waals surface area contributed by atoms with Crippen molar-refractivity contribution in [1.29, 1.82) is 0 Å². The highest BCUT2D eigenvalue weighted by Gasteiger charge is 2.21. The molecule has 4 rings (SSSR count). The van der Waals surface area contributed by atoms with E-state index in [-0.39, 0.29) is 18.2 Å². The van der Waals surface area contributed by atoms with E-state index >= 15 is 0 Å². The Balaban J connectivity index is 1.37. The second-order valence-corrected chi connectivity index (χ2v) is 9.22. The average molecular weight is 468 g/mol. The van der Waals surface area contributed by atoms with Gasteiger partial charge in [0.1, 0.15) is 5.82 Å². The Bertz CT molecular complexity index is 1140. The van der Waals surface area contributed by atoms with Crippen LogP contribution in [0.1, 0.15) is 35.7 Å². The molecule has 0 saturated heterocycles. The quantitative estimate of drug-likeness (QED) is 0.493. The van der Waals surface area contributed by atoms with Crippen LogP contribution in [0.5, 0.6) is 0 Å². The Labute approximate surface area is 198 Å². The lowest BCUT2D eigenvalue weighted by Gasteiger charge is -2.29. The highest BCUT2D eigenvalue weighted by atomic mass is 35.5. The smallest absolute Gasteiger partial charge is 0.303 e. The number of nitrogens with zero attached hydrogens (tertiary/aromatic N) is 3. The normalized spacial score (nSPS) is 14.6. The van der Waals surface area contributed by atoms with Gasteiger partial charge in [-0.3, -0.25) is 9.69 Å². The van der Waals surface area contributed by atoms with Crippen molar-refractivity contribution in [2.75, 3.05) is 13.1 Å². The van der Waals surface area contributed by atoms with Gasteiger partial charge < -0.3 is 5.11 Å². The van der Waals surface area contributed by atoms with E-state index in [1.165, 1.54) is 6.07 Å². The molecule has 1 aliphatic rings. The van der Waals surface area contributed by atoms with E-state index in [1.807, 2.05) is 37.4 Å². The van der Waals surface area contributed by atoms with Gasteiger partial charge in [0.05, 0.1) is 5.69 Å². The molecule has 1 atom stereocenters. The van der Waals surface area contributed by atoms with Gasteiger partial charge >= 0.3 is 5.97 Å². The summed E-state index contributed by atoms with van der Waals surface area (Å²) in [6, 6.07) is 12.9. The van der Waals surface area contributed by atoms with Crippen LogP contribution in [-0.4, -0.2) is 39.0 Å². The summed E-state index contributed by atoms with van der Waals surface area (Å²) in [7, 11) is 0. The van der Waals surface area contributed by atoms with E-state index in [0.29, 0.717) is 22.8 Å². The van der Waals surface area contributed by atoms with Crippen molar-refractivity contribution < 1.29 is 14.3 Å². The molecule has 0 bridgehead atoms. The number of aromatic nitrogens is 2. The summed E-state index contributed by atoms with van der Waals surface area (Å²) in [4.78, 5) is 22.6. The first-order valence-electron chi connectivity index (χ1n) is 11.2. The van der Waals surface area contributed by atoms with Crippen molar-refractivity contribution in [3.63, 3.8) is 0 Å². The standard InChI is InChI=1S/C26H27ClFN3O2/c1-17(12-25(32)33)15-31-11-10-24-21(16-31)14-29-26(30-24)20-6-3-18(4-7-20)2-5-19-8-9-22(27)13-23(19)28/h3-4,6-9,13-14,17H,2,5,10-12,15-16H2,1H3,(H,32,33). The number of carbonyl (C=O) groups is 1. The maximum atomic E-state index is 14.0. The number of hydrogen-bond acceptors (Lipinski definition) is 4. The fourth-order valence-corrected chi connectivity index (χ4v) is 4.46. The summed E-state index contributed by atoms with van der Waals surface area (Å²) in [5.41, 5.74) is 4.90. The first kappa shape index (κ1) is 23.3. The summed E-state index contributed by atoms with van der Waals surface area (Å²) in [6.07, 6.45) is 4.25. The molecule has 1 aliphatic heterocycles. The zero-order chi connectivity index (χ0) is 23.4. The summed E-state index contributed by atoms with van der Waals surface area (Å²) in [6.45, 7) is 4.35. The molecule has 172 valence electrons. The summed E-state index contributed by atoms with van der Waals surface area (Å²) >= 11 is 5.82. The topological polar surface area (TPSA) is 66.3 Å². The highest BCUT2D eigenvalue weighted by molar-refractivity contribution is 6.30. The Morgan fingerprint density at radius 2 is 2.00 bits per heavy atom. The third-order valence-corrected chi connectivity index (χ3v) is 6.25. The van der Waals surface area contributed by atoms with Crippen LogP contribution in [0, 0.1) is 11.7 Å². The van der Waals surface area contributed by atoms with Gasteiger partial charge in [0.2, 0.25) is 0 Å². The minimum absolute atomic E-state index is 0.110. The van der Waals surface area contributed by atoms with E-state index in [2.05, 4.69) is 9.88 Å². The van der Waals surface area contributed by atoms with Crippen molar-refractivity contribution in [3.8, 4) is 11.4 Å². The predicted octanol–water partition coefficient (Wildman–Crippen LogP) is 5.19. The monoisotopic (exact) mass is 467 g/mol. The van der Waals surface area contributed by atoms with Crippen molar-refractivity contribution in [1.82, 2.24) is 14.9 Å². The minimum Gasteiger partial charge on any atom is -0.481 e. The van der Waals surface area contributed by atoms with Gasteiger partial charge in [0.25, 0.3) is 0 Å². The van der Waals surface area contributed by atoms with Crippen molar-refractivity contribution in [2.45, 2.75) is 39.2 Å². The molecule has 0 fully saturated rings. The van der Waals surface area contributed by atoms with E-state index in [4.69, 9.17) is 21.7 Å². The Morgan fingerprint density at radius 3 is 2.73 bits per heavy atom. The van der Waals surface area contributed by atoms with E-state index in [0.717, 1.165) is 54.9 Å². The lowest BCUT2D eigenvalue weighted by atomic mass is 10.0. The number of aliphatic carboxylic acids is 1. The van der Waals surface area contributed by atoms with Gasteiger partial charge in [-0.2, -0.15) is 0 Å². The van der Waals surface area contributed by atoms with Crippen LogP contribution in [-0.2, 0) is 30.6 Å². The minimum atomic E-state index is -0.754. The number of aryl methyl sites for hydroxylation is 2. The molecule has 0 amide bonds. The van der Waals surface area contributed by atoms with E-state index < -0.39 is 5.97 Å². The molecule has 0 aliphatic carbocycles. The van der Waals surface area contributed by atoms with Crippen molar-refractivity contribution in [2.24, 2.45) is 5.92 Å². The molecular weight excluding hydrogens is 441 g/mol. The van der Waals surface area contributed by atoms with Crippen LogP contribution in [0.15, 0.2) is 48.7 Å². The van der Waals surface area contributed by atoms with Gasteiger partial charge in [0.15, 0.2) is 5.82 Å². The van der Waals surface area contributed by atoms with Gasteiger partial charge in [-0.25, -0.2) is 14.4 Å². The van der Waals surface area contributed by atoms with Gasteiger partial charge in [-0.15, -0.1) is 0 Å². The first-order valence-corrected chi connectivity index (χ1v) is 11.6. The number of fused-ring (bicyclic) bond motifs is 1. The SMILES string of the molecule is CC(CC(=O)O)CN1CCc2nc(-c3ccc(CCc4ccc(Cl)cc4F)cc3)ncc2C1. The molecule has 5 nitrogen and oxygen atoms in total. The molecule has 2 aromatic carbocycles. The van der Waals surface area contributed by atoms with Crippen LogP contribution in [0.25, 0.3) is 11.4 Å². The van der Waals surface area contributed by atoms with Crippen LogP contribution in [0.3, 0.4) is 0 Å². The lowest BCUT2D eigenvalue weighted by Crippen LogP contribution is -2.35. The number of rotatable bonds is 8. The summed E-state index contributed by atoms with van der Waals surface area (Å²) < 4.78 is 14.0. The Kier molecular flexibility index (Phi) is 7.36. The van der Waals surface area contributed by atoms with Gasteiger partial charge in [-0.1, -0.05) is 48.9 Å². The molecular formula is C26H27ClFN3O2. The van der Waals surface area contributed by atoms with Gasteiger partial charge in [-0.05, 0) is 42.0 Å². The molecule has 0 spiro atoms. The average Bonchev–Trinajstić information content (AvgIpc) is 2.78. The first-order chi connectivity index (χ1) is 15.9. The zero-order valence-corrected chi connectivity index (χ0v) is 19.4. The fraction of sp³-hybridized carbons (Fsp3) is 0.346. The lowest BCUT2D eigenvalue weighted by molar-refractivity contribution is -0.138. The van der Waals surface area contributed by atoms with Crippen LogP contribution >= 0.6 is 11.6 Å². The molecule has 1 unspecified atom stereocenters. The third-order valence-electron chi connectivity index (χ3n) is 6.02. The number of carboxylic acids is 1. The number of hydrogen-bond donors (Lipinski definition) is 1. The number of carboxylic acid groups (broad SMARTS) is 1. The summed E-state index contributed by atoms with van der Waals surface area (Å²) in [5.74, 6) is -0.205. The second kappa shape index (κ2) is 10.4. The fourth-order valence-electron chi connectivity index (χ4n) is 4.30. The molecule has 1 aromatic heterocycles. The second-order valence-electron chi connectivity index (χ2n) is 8.79. The van der Waals surface area contributed by atoms with Crippen LogP contribution in [0.4, 0.5) is 4.39 Å². The van der Waals surface area contributed by atoms with Crippen molar-refractivity contribution in [3.05, 3.63) is 81.9 Å². The number of halogens is 2. The molecule has 33 heavy (non-hydrogen) atoms. The molecule has 3 aromatic rings. The maximum absolute atomic E-state index is 14.0. The zero-order valence-electron chi connectivity index (χ0n) is 18.6. The highest BCUT2D eigenvalue weighted by Crippen LogP contribution is 2.23. The maximum Gasteiger partial charge on any atom is 0.303 e. The van der Waals surface area contributed by atoms with Crippen molar-refractivity contribution >= 4 is 17.6 Å². The van der Waals surface area contributed by atoms with E-state index in [9.17, 15) is 9.18 Å². The molecule has 7 heteroatoms. The molecule has 2 heterocycles. The molecule has 1 N–H and O–H groups in total. The predicted molar refractivity (Wildman–Crippen MR) is 127 cm³/mol. The van der Waals surface area contributed by atoms with Crippen LogP contribution < -0.4 is 0 Å². The van der Waals surface area contributed by atoms with Crippen LogP contribution in [0.2, 0.25) is 5.02 Å². The summed E-state index contributed by atoms with van der Waals surface area (Å²) in [5, 5.41) is 9.38. The Hall–Kier alpha value is -2.83. The molecule has 0 radical (unpaired) electrons.